The largest absolute Gasteiger partial charge is 0.485 e. The third-order valence-electron chi connectivity index (χ3n) is 6.05. The number of carbonyl (C=O) groups is 3. The number of amides is 2. The van der Waals surface area contributed by atoms with E-state index in [1.165, 1.54) is 11.2 Å². The summed E-state index contributed by atoms with van der Waals surface area (Å²) in [6.07, 6.45) is 2.05. The molecule has 0 unspecified atom stereocenters. The van der Waals surface area contributed by atoms with Crippen LogP contribution < -0.4 is 19.7 Å². The van der Waals surface area contributed by atoms with Crippen LogP contribution in [0.2, 0.25) is 0 Å². The fraction of sp³-hybridized carbons (Fsp3) is 0.333. The Hall–Kier alpha value is -4.14. The van der Waals surface area contributed by atoms with Gasteiger partial charge in [-0.3, -0.25) is 19.3 Å². The second-order valence-electron chi connectivity index (χ2n) is 8.79. The van der Waals surface area contributed by atoms with Gasteiger partial charge in [0, 0.05) is 11.6 Å². The lowest BCUT2D eigenvalue weighted by molar-refractivity contribution is -0.121. The molecule has 0 fully saturated rings. The van der Waals surface area contributed by atoms with E-state index in [4.69, 9.17) is 13.9 Å². The van der Waals surface area contributed by atoms with E-state index >= 15 is 0 Å². The van der Waals surface area contributed by atoms with Gasteiger partial charge in [0.05, 0.1) is 5.69 Å². The summed E-state index contributed by atoms with van der Waals surface area (Å²) in [4.78, 5) is 43.6. The van der Waals surface area contributed by atoms with Gasteiger partial charge in [-0.25, -0.2) is 4.98 Å². The van der Waals surface area contributed by atoms with Crippen LogP contribution in [0, 0.1) is 13.8 Å². The van der Waals surface area contributed by atoms with E-state index in [1.54, 1.807) is 18.2 Å². The lowest BCUT2D eigenvalue weighted by Crippen LogP contribution is -2.38. The molecule has 3 aromatic rings. The Morgan fingerprint density at radius 2 is 1.94 bits per heavy atom. The van der Waals surface area contributed by atoms with Crippen molar-refractivity contribution in [1.82, 2.24) is 10.3 Å². The molecule has 188 valence electrons. The van der Waals surface area contributed by atoms with Crippen molar-refractivity contribution < 1.29 is 28.3 Å². The van der Waals surface area contributed by atoms with Gasteiger partial charge in [0.2, 0.25) is 5.89 Å². The third kappa shape index (κ3) is 5.40. The standard InChI is InChI=1S/C27H29N3O6/c1-5-18(4)28-27(33)20-13-35-24(29-20)12-30-21-11-19(9-10-23(21)34-15-25(30)32)22(31)14-36-26-16(2)7-6-8-17(26)3/h6-11,13,18H,5,12,14-15H2,1-4H3,(H,28,33)/t18-/m1/s1. The number of para-hydroxylation sites is 1. The zero-order chi connectivity index (χ0) is 25.8. The molecule has 4 rings (SSSR count). The number of fused-ring (bicyclic) bond motifs is 1. The lowest BCUT2D eigenvalue weighted by Gasteiger charge is -2.28. The Morgan fingerprint density at radius 1 is 1.19 bits per heavy atom. The maximum atomic E-state index is 12.9. The lowest BCUT2D eigenvalue weighted by atomic mass is 10.1. The molecule has 1 aromatic heterocycles. The third-order valence-corrected chi connectivity index (χ3v) is 6.05. The summed E-state index contributed by atoms with van der Waals surface area (Å²) in [5.41, 5.74) is 2.83. The molecule has 2 amide bonds. The highest BCUT2D eigenvalue weighted by Crippen LogP contribution is 2.34. The predicted octanol–water partition coefficient (Wildman–Crippen LogP) is 4.01. The minimum atomic E-state index is -0.343. The van der Waals surface area contributed by atoms with E-state index in [1.807, 2.05) is 45.9 Å². The molecule has 2 heterocycles. The Bertz CT molecular complexity index is 1280. The van der Waals surface area contributed by atoms with Crippen LogP contribution in [0.25, 0.3) is 0 Å². The molecule has 0 saturated heterocycles. The Morgan fingerprint density at radius 3 is 2.67 bits per heavy atom. The van der Waals surface area contributed by atoms with Crippen molar-refractivity contribution in [2.24, 2.45) is 0 Å². The Labute approximate surface area is 209 Å². The van der Waals surface area contributed by atoms with E-state index in [-0.39, 0.29) is 55.0 Å². The van der Waals surface area contributed by atoms with Gasteiger partial charge in [0.1, 0.15) is 24.3 Å². The summed E-state index contributed by atoms with van der Waals surface area (Å²) in [6, 6.07) is 10.7. The number of hydrogen-bond acceptors (Lipinski definition) is 7. The molecule has 0 aliphatic carbocycles. The fourth-order valence-electron chi connectivity index (χ4n) is 3.82. The number of carbonyl (C=O) groups excluding carboxylic acids is 3. The van der Waals surface area contributed by atoms with Crippen molar-refractivity contribution >= 4 is 23.3 Å². The van der Waals surface area contributed by atoms with Crippen molar-refractivity contribution in [1.29, 1.82) is 0 Å². The molecule has 0 radical (unpaired) electrons. The minimum absolute atomic E-state index is 0.00000572. The number of hydrogen-bond donors (Lipinski definition) is 1. The number of oxazole rings is 1. The quantitative estimate of drug-likeness (QED) is 0.450. The molecular weight excluding hydrogens is 462 g/mol. The SMILES string of the molecule is CC[C@@H](C)NC(=O)c1coc(CN2C(=O)COc3ccc(C(=O)COc4c(C)cccc4C)cc32)n1. The molecule has 2 aromatic carbocycles. The average Bonchev–Trinajstić information content (AvgIpc) is 3.34. The molecule has 0 spiro atoms. The van der Waals surface area contributed by atoms with E-state index < -0.39 is 0 Å². The Kier molecular flexibility index (Phi) is 7.38. The minimum Gasteiger partial charge on any atom is -0.485 e. The van der Waals surface area contributed by atoms with Crippen LogP contribution in [0.1, 0.15) is 58.1 Å². The second kappa shape index (κ2) is 10.6. The van der Waals surface area contributed by atoms with Crippen LogP contribution in [0.5, 0.6) is 11.5 Å². The second-order valence-corrected chi connectivity index (χ2v) is 8.79. The van der Waals surface area contributed by atoms with Gasteiger partial charge in [0.25, 0.3) is 11.8 Å². The number of rotatable bonds is 9. The van der Waals surface area contributed by atoms with Gasteiger partial charge in [0.15, 0.2) is 24.7 Å². The van der Waals surface area contributed by atoms with Crippen LogP contribution in [-0.2, 0) is 11.3 Å². The molecule has 0 bridgehead atoms. The highest BCUT2D eigenvalue weighted by Gasteiger charge is 2.28. The molecule has 1 atom stereocenters. The van der Waals surface area contributed by atoms with Crippen molar-refractivity contribution in [3.05, 3.63) is 70.9 Å². The van der Waals surface area contributed by atoms with Gasteiger partial charge in [-0.1, -0.05) is 25.1 Å². The smallest absolute Gasteiger partial charge is 0.273 e. The van der Waals surface area contributed by atoms with Crippen molar-refractivity contribution in [2.45, 2.75) is 46.7 Å². The maximum absolute atomic E-state index is 12.9. The normalized spacial score (nSPS) is 13.6. The van der Waals surface area contributed by atoms with Crippen LogP contribution in [-0.4, -0.2) is 41.8 Å². The maximum Gasteiger partial charge on any atom is 0.273 e. The van der Waals surface area contributed by atoms with Gasteiger partial charge >= 0.3 is 0 Å². The molecule has 1 N–H and O–H groups in total. The first-order valence-corrected chi connectivity index (χ1v) is 11.8. The number of ketones is 1. The summed E-state index contributed by atoms with van der Waals surface area (Å²) < 4.78 is 16.8. The fourth-order valence-corrected chi connectivity index (χ4v) is 3.82. The summed E-state index contributed by atoms with van der Waals surface area (Å²) in [6.45, 7) is 7.40. The number of anilines is 1. The van der Waals surface area contributed by atoms with Crippen molar-refractivity contribution in [2.75, 3.05) is 18.1 Å². The first kappa shape index (κ1) is 25.0. The monoisotopic (exact) mass is 491 g/mol. The summed E-state index contributed by atoms with van der Waals surface area (Å²) in [7, 11) is 0. The summed E-state index contributed by atoms with van der Waals surface area (Å²) in [5.74, 6) is 0.441. The van der Waals surface area contributed by atoms with Crippen molar-refractivity contribution in [3.63, 3.8) is 0 Å². The Balaban J connectivity index is 1.51. The molecule has 1 aliphatic rings. The summed E-state index contributed by atoms with van der Waals surface area (Å²) in [5, 5.41) is 2.83. The molecule has 36 heavy (non-hydrogen) atoms. The highest BCUT2D eigenvalue weighted by atomic mass is 16.5. The van der Waals surface area contributed by atoms with E-state index in [0.717, 1.165) is 17.5 Å². The predicted molar refractivity (Wildman–Crippen MR) is 133 cm³/mol. The van der Waals surface area contributed by atoms with Gasteiger partial charge < -0.3 is 19.2 Å². The van der Waals surface area contributed by atoms with E-state index in [9.17, 15) is 14.4 Å². The summed E-state index contributed by atoms with van der Waals surface area (Å²) >= 11 is 0. The number of benzene rings is 2. The number of nitrogens with one attached hydrogen (secondary N) is 1. The topological polar surface area (TPSA) is 111 Å². The highest BCUT2D eigenvalue weighted by molar-refractivity contribution is 6.02. The number of aryl methyl sites for hydroxylation is 2. The van der Waals surface area contributed by atoms with Gasteiger partial charge in [-0.05, 0) is 56.5 Å². The van der Waals surface area contributed by atoms with Crippen LogP contribution >= 0.6 is 0 Å². The van der Waals surface area contributed by atoms with Crippen LogP contribution in [0.3, 0.4) is 0 Å². The number of aromatic nitrogens is 1. The number of ether oxygens (including phenoxy) is 2. The molecule has 9 nitrogen and oxygen atoms in total. The van der Waals surface area contributed by atoms with Crippen molar-refractivity contribution in [3.8, 4) is 11.5 Å². The first-order chi connectivity index (χ1) is 17.3. The van der Waals surface area contributed by atoms with Gasteiger partial charge in [-0.15, -0.1) is 0 Å². The first-order valence-electron chi connectivity index (χ1n) is 11.8. The van der Waals surface area contributed by atoms with Crippen LogP contribution in [0.15, 0.2) is 47.1 Å². The molecule has 1 aliphatic heterocycles. The average molecular weight is 492 g/mol. The number of Topliss-reactive ketones (excluding diaryl/α,β-unsaturated/α-hetero) is 1. The van der Waals surface area contributed by atoms with E-state index in [2.05, 4.69) is 10.3 Å². The zero-order valence-corrected chi connectivity index (χ0v) is 20.8. The molecule has 0 saturated carbocycles. The molecular formula is C27H29N3O6. The number of nitrogens with zero attached hydrogens (tertiary/aromatic N) is 2. The van der Waals surface area contributed by atoms with Crippen LogP contribution in [0.4, 0.5) is 5.69 Å². The zero-order valence-electron chi connectivity index (χ0n) is 20.8. The van der Waals surface area contributed by atoms with E-state index in [0.29, 0.717) is 22.7 Å². The van der Waals surface area contributed by atoms with Gasteiger partial charge in [-0.2, -0.15) is 0 Å². The molecule has 9 heteroatoms.